The van der Waals surface area contributed by atoms with Gasteiger partial charge in [0.15, 0.2) is 0 Å². The molecular weight excluding hydrogens is 476 g/mol. The van der Waals surface area contributed by atoms with Gasteiger partial charge in [0.1, 0.15) is 24.7 Å². The second-order valence-corrected chi connectivity index (χ2v) is 8.54. The van der Waals surface area contributed by atoms with E-state index in [-0.39, 0.29) is 38.2 Å². The van der Waals surface area contributed by atoms with Gasteiger partial charge in [-0.25, -0.2) is 9.59 Å². The molecule has 0 aliphatic carbocycles. The van der Waals surface area contributed by atoms with Crippen LogP contribution in [0.15, 0.2) is 60.7 Å². The van der Waals surface area contributed by atoms with Crippen LogP contribution in [0.5, 0.6) is 5.75 Å². The van der Waals surface area contributed by atoms with Gasteiger partial charge in [-0.3, -0.25) is 9.59 Å². The molecule has 37 heavy (non-hydrogen) atoms. The summed E-state index contributed by atoms with van der Waals surface area (Å²) in [4.78, 5) is 47.1. The van der Waals surface area contributed by atoms with Crippen LogP contribution in [-0.4, -0.2) is 50.1 Å². The van der Waals surface area contributed by atoms with Gasteiger partial charge in [0.05, 0.1) is 13.2 Å². The Morgan fingerprint density at radius 3 is 1.70 bits per heavy atom. The molecule has 0 amide bonds. The number of ketones is 1. The van der Waals surface area contributed by atoms with Crippen molar-refractivity contribution in [3.05, 3.63) is 66.2 Å². The van der Waals surface area contributed by atoms with Crippen LogP contribution >= 0.6 is 0 Å². The molecule has 0 atom stereocenters. The van der Waals surface area contributed by atoms with Crippen LogP contribution < -0.4 is 4.74 Å². The van der Waals surface area contributed by atoms with E-state index in [1.807, 2.05) is 36.4 Å². The summed E-state index contributed by atoms with van der Waals surface area (Å²) in [6, 6.07) is 18.5. The lowest BCUT2D eigenvalue weighted by Crippen LogP contribution is -2.19. The lowest BCUT2D eigenvalue weighted by molar-refractivity contribution is -0.155. The highest BCUT2D eigenvalue weighted by molar-refractivity contribution is 5.80. The molecule has 0 bridgehead atoms. The summed E-state index contributed by atoms with van der Waals surface area (Å²) < 4.78 is 20.4. The predicted molar refractivity (Wildman–Crippen MR) is 137 cm³/mol. The van der Waals surface area contributed by atoms with E-state index in [2.05, 4.69) is 0 Å². The number of ether oxygens (including phenoxy) is 4. The zero-order chi connectivity index (χ0) is 26.6. The van der Waals surface area contributed by atoms with Crippen molar-refractivity contribution in [1.82, 2.24) is 0 Å². The molecule has 2 rings (SSSR count). The van der Waals surface area contributed by atoms with Crippen LogP contribution in [0.2, 0.25) is 0 Å². The van der Waals surface area contributed by atoms with Gasteiger partial charge in [0.2, 0.25) is 0 Å². The van der Waals surface area contributed by atoms with E-state index in [4.69, 9.17) is 18.9 Å². The van der Waals surface area contributed by atoms with Crippen molar-refractivity contribution < 1.29 is 38.1 Å². The molecular formula is C29H36O8. The first-order valence-corrected chi connectivity index (χ1v) is 12.7. The van der Waals surface area contributed by atoms with Crippen molar-refractivity contribution in [2.24, 2.45) is 0 Å². The van der Waals surface area contributed by atoms with Crippen molar-refractivity contribution in [2.45, 2.75) is 57.8 Å². The topological polar surface area (TPSA) is 105 Å². The molecule has 2 aromatic rings. The van der Waals surface area contributed by atoms with Crippen LogP contribution in [0, 0.1) is 0 Å². The standard InChI is InChI=1S/C29H36O8/c30-25(21-24-13-5-1-6-14-24)15-7-3-11-19-35-28(32)22-34-23-29(33)36-20-12-4-10-18-27(31)37-26-16-8-2-9-17-26/h1-2,5-6,8-9,13-14,16-17H,3-4,7,10-12,15,18-23H2. The Morgan fingerprint density at radius 1 is 0.568 bits per heavy atom. The van der Waals surface area contributed by atoms with Gasteiger partial charge in [0.25, 0.3) is 0 Å². The quantitative estimate of drug-likeness (QED) is 0.152. The maximum atomic E-state index is 12.0. The van der Waals surface area contributed by atoms with Gasteiger partial charge in [-0.2, -0.15) is 0 Å². The number of carbonyl (C=O) groups excluding carboxylic acids is 4. The second kappa shape index (κ2) is 18.7. The number of benzene rings is 2. The van der Waals surface area contributed by atoms with Gasteiger partial charge in [-0.1, -0.05) is 48.5 Å². The number of hydrogen-bond donors (Lipinski definition) is 0. The maximum Gasteiger partial charge on any atom is 0.332 e. The molecule has 200 valence electrons. The van der Waals surface area contributed by atoms with E-state index in [0.717, 1.165) is 18.4 Å². The first kappa shape index (κ1) is 29.7. The van der Waals surface area contributed by atoms with E-state index in [1.165, 1.54) is 0 Å². The molecule has 8 nitrogen and oxygen atoms in total. The molecule has 0 aliphatic heterocycles. The van der Waals surface area contributed by atoms with Crippen molar-refractivity contribution in [3.63, 3.8) is 0 Å². The second-order valence-electron chi connectivity index (χ2n) is 8.54. The fourth-order valence-corrected chi connectivity index (χ4v) is 3.41. The molecule has 0 unspecified atom stereocenters. The van der Waals surface area contributed by atoms with E-state index in [0.29, 0.717) is 50.7 Å². The summed E-state index contributed by atoms with van der Waals surface area (Å²) in [5.74, 6) is -0.676. The lowest BCUT2D eigenvalue weighted by Gasteiger charge is -2.07. The number of unbranched alkanes of at least 4 members (excludes halogenated alkanes) is 4. The number of esters is 3. The molecule has 8 heteroatoms. The SMILES string of the molecule is O=C(CCCCCOC(=O)COCC(=O)OCCCCCC(=O)Oc1ccccc1)Cc1ccccc1. The zero-order valence-corrected chi connectivity index (χ0v) is 21.2. The largest absolute Gasteiger partial charge is 0.464 e. The first-order valence-electron chi connectivity index (χ1n) is 12.7. The third-order valence-corrected chi connectivity index (χ3v) is 5.31. The van der Waals surface area contributed by atoms with Gasteiger partial charge in [0, 0.05) is 19.3 Å². The minimum Gasteiger partial charge on any atom is -0.464 e. The van der Waals surface area contributed by atoms with Crippen molar-refractivity contribution in [1.29, 1.82) is 0 Å². The maximum absolute atomic E-state index is 12.0. The third kappa shape index (κ3) is 15.3. The van der Waals surface area contributed by atoms with E-state index in [9.17, 15) is 19.2 Å². The fourth-order valence-electron chi connectivity index (χ4n) is 3.41. The summed E-state index contributed by atoms with van der Waals surface area (Å²) >= 11 is 0. The van der Waals surface area contributed by atoms with Crippen LogP contribution in [0.4, 0.5) is 0 Å². The molecule has 0 heterocycles. The molecule has 0 saturated carbocycles. The van der Waals surface area contributed by atoms with Crippen molar-refractivity contribution >= 4 is 23.7 Å². The molecule has 2 aromatic carbocycles. The molecule has 0 aromatic heterocycles. The summed E-state index contributed by atoms with van der Waals surface area (Å²) in [6.07, 6.45) is 5.41. The highest BCUT2D eigenvalue weighted by atomic mass is 16.6. The average molecular weight is 513 g/mol. The Morgan fingerprint density at radius 2 is 1.11 bits per heavy atom. The predicted octanol–water partition coefficient (Wildman–Crippen LogP) is 4.63. The molecule has 0 fully saturated rings. The average Bonchev–Trinajstić information content (AvgIpc) is 2.89. The van der Waals surface area contributed by atoms with Gasteiger partial charge < -0.3 is 18.9 Å². The molecule has 0 aliphatic rings. The first-order chi connectivity index (χ1) is 18.0. The monoisotopic (exact) mass is 512 g/mol. The fraction of sp³-hybridized carbons (Fsp3) is 0.448. The summed E-state index contributed by atoms with van der Waals surface area (Å²) in [7, 11) is 0. The Hall–Kier alpha value is -3.52. The minimum atomic E-state index is -0.559. The Bertz CT molecular complexity index is 865. The van der Waals surface area contributed by atoms with E-state index >= 15 is 0 Å². The third-order valence-electron chi connectivity index (χ3n) is 5.31. The van der Waals surface area contributed by atoms with E-state index < -0.39 is 11.9 Å². The van der Waals surface area contributed by atoms with Crippen LogP contribution in [0.25, 0.3) is 0 Å². The molecule has 0 saturated heterocycles. The smallest absolute Gasteiger partial charge is 0.332 e. The molecule has 0 N–H and O–H groups in total. The van der Waals surface area contributed by atoms with Gasteiger partial charge >= 0.3 is 17.9 Å². The van der Waals surface area contributed by atoms with Crippen LogP contribution in [0.1, 0.15) is 56.9 Å². The normalized spacial score (nSPS) is 10.5. The Balaban J connectivity index is 1.36. The zero-order valence-electron chi connectivity index (χ0n) is 21.2. The lowest BCUT2D eigenvalue weighted by atomic mass is 10.0. The van der Waals surface area contributed by atoms with Crippen LogP contribution in [0.3, 0.4) is 0 Å². The number of para-hydroxylation sites is 1. The van der Waals surface area contributed by atoms with Gasteiger partial charge in [-0.15, -0.1) is 0 Å². The Labute approximate surface area is 218 Å². The molecule has 0 radical (unpaired) electrons. The Kier molecular flexibility index (Phi) is 15.0. The summed E-state index contributed by atoms with van der Waals surface area (Å²) in [5.41, 5.74) is 1.02. The number of Topliss-reactive ketones (excluding diaryl/α,β-unsaturated/α-hetero) is 1. The summed E-state index contributed by atoms with van der Waals surface area (Å²) in [5, 5.41) is 0. The van der Waals surface area contributed by atoms with Gasteiger partial charge in [-0.05, 0) is 56.2 Å². The minimum absolute atomic E-state index is 0.201. The molecule has 0 spiro atoms. The van der Waals surface area contributed by atoms with Crippen molar-refractivity contribution in [2.75, 3.05) is 26.4 Å². The number of carbonyl (C=O) groups is 4. The summed E-state index contributed by atoms with van der Waals surface area (Å²) in [6.45, 7) is -0.192. The number of hydrogen-bond acceptors (Lipinski definition) is 8. The van der Waals surface area contributed by atoms with Crippen LogP contribution in [-0.2, 0) is 39.8 Å². The highest BCUT2D eigenvalue weighted by Gasteiger charge is 2.09. The van der Waals surface area contributed by atoms with Crippen molar-refractivity contribution in [3.8, 4) is 5.75 Å². The number of rotatable bonds is 19. The van der Waals surface area contributed by atoms with E-state index in [1.54, 1.807) is 24.3 Å². The highest BCUT2D eigenvalue weighted by Crippen LogP contribution is 2.11.